The Kier molecular flexibility index (Phi) is 7.16. The molecule has 0 aromatic carbocycles. The van der Waals surface area contributed by atoms with E-state index < -0.39 is 0 Å². The Morgan fingerprint density at radius 3 is 2.40 bits per heavy atom. The molecule has 6 nitrogen and oxygen atoms in total. The van der Waals surface area contributed by atoms with Gasteiger partial charge in [0.2, 0.25) is 11.8 Å². The fourth-order valence-electron chi connectivity index (χ4n) is 1.53. The molecule has 116 valence electrons. The van der Waals surface area contributed by atoms with Gasteiger partial charge < -0.3 is 15.2 Å². The fraction of sp³-hybridized carbons (Fsp3) is 0.769. The maximum absolute atomic E-state index is 11.9. The number of hydrogen-bond acceptors (Lipinski definition) is 5. The van der Waals surface area contributed by atoms with Crippen molar-refractivity contribution in [1.29, 1.82) is 0 Å². The lowest BCUT2D eigenvalue weighted by Crippen LogP contribution is -2.35. The third-order valence-electron chi connectivity index (χ3n) is 2.80. The van der Waals surface area contributed by atoms with Crippen LogP contribution in [0.1, 0.15) is 52.4 Å². The third-order valence-corrected chi connectivity index (χ3v) is 2.80. The van der Waals surface area contributed by atoms with Gasteiger partial charge in [-0.1, -0.05) is 32.9 Å². The topological polar surface area (TPSA) is 80.0 Å². The Morgan fingerprint density at radius 1 is 1.35 bits per heavy atom. The number of nitrogens with one attached hydrogen (secondary N) is 2. The molecule has 1 aromatic rings. The Balaban J connectivity index is 0.00000361. The van der Waals surface area contributed by atoms with E-state index in [9.17, 15) is 4.79 Å². The average Bonchev–Trinajstić information content (AvgIpc) is 2.78. The van der Waals surface area contributed by atoms with E-state index in [-0.39, 0.29) is 35.7 Å². The maximum Gasteiger partial charge on any atom is 0.248 e. The monoisotopic (exact) mass is 304 g/mol. The molecule has 2 atom stereocenters. The summed E-state index contributed by atoms with van der Waals surface area (Å²) >= 11 is 0. The van der Waals surface area contributed by atoms with Gasteiger partial charge in [-0.2, -0.15) is 4.98 Å². The summed E-state index contributed by atoms with van der Waals surface area (Å²) in [7, 11) is 1.82. The van der Waals surface area contributed by atoms with Gasteiger partial charge in [-0.15, -0.1) is 12.4 Å². The minimum atomic E-state index is -0.282. The van der Waals surface area contributed by atoms with Crippen molar-refractivity contribution in [3.63, 3.8) is 0 Å². The van der Waals surface area contributed by atoms with Crippen LogP contribution in [0.2, 0.25) is 0 Å². The number of nitrogens with zero attached hydrogens (tertiary/aromatic N) is 2. The lowest BCUT2D eigenvalue weighted by Gasteiger charge is -2.14. The second-order valence-corrected chi connectivity index (χ2v) is 5.90. The lowest BCUT2D eigenvalue weighted by atomic mass is 9.96. The summed E-state index contributed by atoms with van der Waals surface area (Å²) < 4.78 is 5.20. The molecule has 1 amide bonds. The number of carbonyl (C=O) groups excluding carboxylic acids is 1. The van der Waals surface area contributed by atoms with Gasteiger partial charge in [0.05, 0.1) is 0 Å². The van der Waals surface area contributed by atoms with E-state index in [2.05, 4.69) is 20.8 Å². The quantitative estimate of drug-likeness (QED) is 0.867. The Bertz CT molecular complexity index is 428. The highest BCUT2D eigenvalue weighted by Gasteiger charge is 2.24. The average molecular weight is 305 g/mol. The highest BCUT2D eigenvalue weighted by Crippen LogP contribution is 2.20. The van der Waals surface area contributed by atoms with Crippen molar-refractivity contribution in [3.05, 3.63) is 11.7 Å². The standard InChI is InChI=1S/C13H24N4O2.ClH/c1-8(7-14-6)10(18)15-9(2)11-16-12(17-19-11)13(3,4)5;/h8-9,14H,7H2,1-6H3,(H,15,18);1H. The molecule has 0 radical (unpaired) electrons. The lowest BCUT2D eigenvalue weighted by molar-refractivity contribution is -0.125. The van der Waals surface area contributed by atoms with E-state index in [1.54, 1.807) is 0 Å². The van der Waals surface area contributed by atoms with E-state index >= 15 is 0 Å². The summed E-state index contributed by atoms with van der Waals surface area (Å²) in [4.78, 5) is 16.2. The highest BCUT2D eigenvalue weighted by molar-refractivity contribution is 5.85. The number of amides is 1. The van der Waals surface area contributed by atoms with E-state index in [0.717, 1.165) is 0 Å². The van der Waals surface area contributed by atoms with Crippen LogP contribution in [0.4, 0.5) is 0 Å². The summed E-state index contributed by atoms with van der Waals surface area (Å²) in [6, 6.07) is -0.282. The van der Waals surface area contributed by atoms with Crippen molar-refractivity contribution < 1.29 is 9.32 Å². The molecule has 1 aromatic heterocycles. The van der Waals surface area contributed by atoms with Gasteiger partial charge in [0.15, 0.2) is 5.82 Å². The number of hydrogen-bond donors (Lipinski definition) is 2. The molecule has 20 heavy (non-hydrogen) atoms. The normalized spacial score (nSPS) is 14.3. The maximum atomic E-state index is 11.9. The zero-order valence-electron chi connectivity index (χ0n) is 13.0. The molecular formula is C13H25ClN4O2. The summed E-state index contributed by atoms with van der Waals surface area (Å²) in [5.41, 5.74) is -0.162. The van der Waals surface area contributed by atoms with E-state index in [1.807, 2.05) is 41.7 Å². The molecular weight excluding hydrogens is 280 g/mol. The molecule has 0 aliphatic rings. The van der Waals surface area contributed by atoms with Crippen LogP contribution in [0.3, 0.4) is 0 Å². The third kappa shape index (κ3) is 5.09. The van der Waals surface area contributed by atoms with Crippen LogP contribution in [-0.4, -0.2) is 29.6 Å². The summed E-state index contributed by atoms with van der Waals surface area (Å²) in [5, 5.41) is 9.79. The molecule has 0 saturated carbocycles. The van der Waals surface area contributed by atoms with Crippen molar-refractivity contribution in [2.24, 2.45) is 5.92 Å². The number of aromatic nitrogens is 2. The molecule has 0 aliphatic carbocycles. The van der Waals surface area contributed by atoms with Crippen LogP contribution in [0.25, 0.3) is 0 Å². The van der Waals surface area contributed by atoms with Crippen LogP contribution in [0.15, 0.2) is 4.52 Å². The highest BCUT2D eigenvalue weighted by atomic mass is 35.5. The van der Waals surface area contributed by atoms with Crippen molar-refractivity contribution >= 4 is 18.3 Å². The number of carbonyl (C=O) groups is 1. The molecule has 1 heterocycles. The molecule has 0 aliphatic heterocycles. The van der Waals surface area contributed by atoms with E-state index in [1.165, 1.54) is 0 Å². The smallest absolute Gasteiger partial charge is 0.248 e. The van der Waals surface area contributed by atoms with Gasteiger partial charge in [0.25, 0.3) is 0 Å². The van der Waals surface area contributed by atoms with Crippen molar-refractivity contribution in [2.75, 3.05) is 13.6 Å². The molecule has 1 rings (SSSR count). The molecule has 0 fully saturated rings. The SMILES string of the molecule is CNCC(C)C(=O)NC(C)c1nc(C(C)(C)C)no1.Cl. The van der Waals surface area contributed by atoms with E-state index in [4.69, 9.17) is 4.52 Å². The van der Waals surface area contributed by atoms with Crippen LogP contribution >= 0.6 is 12.4 Å². The number of halogens is 1. The van der Waals surface area contributed by atoms with Crippen molar-refractivity contribution in [2.45, 2.75) is 46.1 Å². The van der Waals surface area contributed by atoms with Crippen LogP contribution in [0.5, 0.6) is 0 Å². The molecule has 0 spiro atoms. The van der Waals surface area contributed by atoms with Gasteiger partial charge in [0, 0.05) is 17.9 Å². The Hall–Kier alpha value is -1.14. The zero-order chi connectivity index (χ0) is 14.6. The van der Waals surface area contributed by atoms with E-state index in [0.29, 0.717) is 18.3 Å². The van der Waals surface area contributed by atoms with Gasteiger partial charge in [-0.3, -0.25) is 4.79 Å². The zero-order valence-corrected chi connectivity index (χ0v) is 13.8. The van der Waals surface area contributed by atoms with Crippen LogP contribution in [-0.2, 0) is 10.2 Å². The first-order valence-electron chi connectivity index (χ1n) is 6.54. The molecule has 0 bridgehead atoms. The van der Waals surface area contributed by atoms with Gasteiger partial charge in [-0.05, 0) is 14.0 Å². The predicted molar refractivity (Wildman–Crippen MR) is 79.9 cm³/mol. The van der Waals surface area contributed by atoms with Gasteiger partial charge >= 0.3 is 0 Å². The van der Waals surface area contributed by atoms with Crippen molar-refractivity contribution in [1.82, 2.24) is 20.8 Å². The summed E-state index contributed by atoms with van der Waals surface area (Å²) in [5.74, 6) is 0.955. The summed E-state index contributed by atoms with van der Waals surface area (Å²) in [6.45, 7) is 10.4. The minimum Gasteiger partial charge on any atom is -0.344 e. The van der Waals surface area contributed by atoms with Gasteiger partial charge in [-0.25, -0.2) is 0 Å². The second-order valence-electron chi connectivity index (χ2n) is 5.90. The minimum absolute atomic E-state index is 0. The molecule has 2 N–H and O–H groups in total. The predicted octanol–water partition coefficient (Wildman–Crippen LogP) is 1.82. The van der Waals surface area contributed by atoms with Crippen LogP contribution in [0, 0.1) is 5.92 Å². The second kappa shape index (κ2) is 7.59. The molecule has 2 unspecified atom stereocenters. The first kappa shape index (κ1) is 18.9. The number of rotatable bonds is 5. The molecule has 7 heteroatoms. The Morgan fingerprint density at radius 2 is 1.95 bits per heavy atom. The largest absolute Gasteiger partial charge is 0.344 e. The van der Waals surface area contributed by atoms with Crippen LogP contribution < -0.4 is 10.6 Å². The summed E-state index contributed by atoms with van der Waals surface area (Å²) in [6.07, 6.45) is 0. The first-order chi connectivity index (χ1) is 8.75. The van der Waals surface area contributed by atoms with Crippen molar-refractivity contribution in [3.8, 4) is 0 Å². The fourth-order valence-corrected chi connectivity index (χ4v) is 1.53. The van der Waals surface area contributed by atoms with Gasteiger partial charge in [0.1, 0.15) is 6.04 Å². The first-order valence-corrected chi connectivity index (χ1v) is 6.54. The molecule has 0 saturated heterocycles. The Labute approximate surface area is 126 Å².